The molecule has 19 heavy (non-hydrogen) atoms. The van der Waals surface area contributed by atoms with Crippen molar-refractivity contribution < 1.29 is 14.2 Å². The van der Waals surface area contributed by atoms with Crippen molar-refractivity contribution in [3.63, 3.8) is 0 Å². The number of hydrogen-bond acceptors (Lipinski definition) is 3. The van der Waals surface area contributed by atoms with Crippen molar-refractivity contribution in [2.45, 2.75) is 39.7 Å². The minimum Gasteiger partial charge on any atom is -0.493 e. The first-order chi connectivity index (χ1) is 8.85. The number of benzene rings is 1. The fourth-order valence-electron chi connectivity index (χ4n) is 1.73. The summed E-state index contributed by atoms with van der Waals surface area (Å²) in [7, 11) is 0. The molecule has 0 amide bonds. The van der Waals surface area contributed by atoms with Gasteiger partial charge in [0.2, 0.25) is 0 Å². The van der Waals surface area contributed by atoms with Gasteiger partial charge >= 0.3 is 0 Å². The molecule has 0 spiro atoms. The molecule has 0 unspecified atom stereocenters. The molecule has 1 rings (SSSR count). The number of aliphatic hydroxyl groups is 1. The summed E-state index contributed by atoms with van der Waals surface area (Å²) in [6.07, 6.45) is 0.688. The van der Waals surface area contributed by atoms with E-state index in [9.17, 15) is 9.50 Å². The lowest BCUT2D eigenvalue weighted by atomic mass is 9.90. The molecule has 1 atom stereocenters. The van der Waals surface area contributed by atoms with Gasteiger partial charge in [-0.25, -0.2) is 4.39 Å². The molecule has 0 radical (unpaired) electrons. The third-order valence-corrected chi connectivity index (χ3v) is 2.93. The number of nitrogens with zero attached hydrogens (tertiary/aromatic N) is 1. The summed E-state index contributed by atoms with van der Waals surface area (Å²) in [5.41, 5.74) is 0.0822. The van der Waals surface area contributed by atoms with Gasteiger partial charge in [0.1, 0.15) is 11.6 Å². The Morgan fingerprint density at radius 1 is 1.47 bits per heavy atom. The summed E-state index contributed by atoms with van der Waals surface area (Å²) in [6, 6.07) is 6.34. The molecule has 0 aromatic heterocycles. The maximum Gasteiger partial charge on any atom is 0.125 e. The Kier molecular flexibility index (Phi) is 5.31. The van der Waals surface area contributed by atoms with Crippen LogP contribution >= 0.6 is 0 Å². The Morgan fingerprint density at radius 2 is 2.16 bits per heavy atom. The Morgan fingerprint density at radius 3 is 2.74 bits per heavy atom. The first-order valence-corrected chi connectivity index (χ1v) is 6.37. The molecule has 0 aliphatic rings. The van der Waals surface area contributed by atoms with Gasteiger partial charge in [-0.3, -0.25) is 0 Å². The lowest BCUT2D eigenvalue weighted by molar-refractivity contribution is 0.189. The molecular formula is C15H20FNO2. The van der Waals surface area contributed by atoms with Crippen molar-refractivity contribution in [3.05, 3.63) is 29.6 Å². The van der Waals surface area contributed by atoms with Gasteiger partial charge in [0.15, 0.2) is 0 Å². The lowest BCUT2D eigenvalue weighted by Gasteiger charge is -2.16. The van der Waals surface area contributed by atoms with Gasteiger partial charge in [0, 0.05) is 5.56 Å². The van der Waals surface area contributed by atoms with E-state index in [0.717, 1.165) is 12.8 Å². The van der Waals surface area contributed by atoms with Gasteiger partial charge in [-0.1, -0.05) is 0 Å². The molecule has 1 aromatic carbocycles. The fourth-order valence-corrected chi connectivity index (χ4v) is 1.73. The molecule has 4 heteroatoms. The molecule has 1 N–H and O–H groups in total. The second-order valence-corrected chi connectivity index (χ2v) is 5.31. The van der Waals surface area contributed by atoms with Crippen LogP contribution in [0.5, 0.6) is 5.75 Å². The van der Waals surface area contributed by atoms with Crippen molar-refractivity contribution in [2.75, 3.05) is 6.61 Å². The van der Waals surface area contributed by atoms with E-state index in [2.05, 4.69) is 6.07 Å². The highest BCUT2D eigenvalue weighted by Gasteiger charge is 2.16. The maximum atomic E-state index is 13.1. The molecule has 0 aliphatic carbocycles. The van der Waals surface area contributed by atoms with Crippen LogP contribution in [0, 0.1) is 22.6 Å². The number of rotatable bonds is 6. The van der Waals surface area contributed by atoms with Crippen LogP contribution in [0.1, 0.15) is 45.3 Å². The Hall–Kier alpha value is -1.60. The first-order valence-electron chi connectivity index (χ1n) is 6.37. The lowest BCUT2D eigenvalue weighted by Crippen LogP contribution is -2.10. The highest BCUT2D eigenvalue weighted by atomic mass is 19.1. The summed E-state index contributed by atoms with van der Waals surface area (Å²) < 4.78 is 18.7. The van der Waals surface area contributed by atoms with E-state index in [4.69, 9.17) is 10.00 Å². The number of nitriles is 1. The second kappa shape index (κ2) is 6.53. The molecule has 0 aliphatic heterocycles. The predicted octanol–water partition coefficient (Wildman–Crippen LogP) is 3.59. The standard InChI is InChI=1S/C15H20FNO2/c1-11(18)13-9-12(16)5-6-14(13)19-8-4-7-15(2,3)10-17/h5-6,9,11,18H,4,7-8H2,1-3H3/t11-/m1/s1. The van der Waals surface area contributed by atoms with Crippen LogP contribution in [0.3, 0.4) is 0 Å². The molecule has 0 saturated heterocycles. The molecule has 0 fully saturated rings. The SMILES string of the molecule is C[C@@H](O)c1cc(F)ccc1OCCCC(C)(C)C#N. The monoisotopic (exact) mass is 265 g/mol. The van der Waals surface area contributed by atoms with E-state index >= 15 is 0 Å². The van der Waals surface area contributed by atoms with Crippen LogP contribution in [-0.4, -0.2) is 11.7 Å². The van der Waals surface area contributed by atoms with Crippen LogP contribution in [-0.2, 0) is 0 Å². The summed E-state index contributed by atoms with van der Waals surface area (Å²) in [5, 5.41) is 18.5. The highest BCUT2D eigenvalue weighted by Crippen LogP contribution is 2.27. The van der Waals surface area contributed by atoms with E-state index in [1.54, 1.807) is 6.92 Å². The van der Waals surface area contributed by atoms with Crippen LogP contribution in [0.25, 0.3) is 0 Å². The van der Waals surface area contributed by atoms with E-state index in [0.29, 0.717) is 17.9 Å². The highest BCUT2D eigenvalue weighted by molar-refractivity contribution is 5.35. The van der Waals surface area contributed by atoms with Gasteiger partial charge in [0.05, 0.1) is 24.2 Å². The average Bonchev–Trinajstić information content (AvgIpc) is 2.36. The summed E-state index contributed by atoms with van der Waals surface area (Å²) >= 11 is 0. The smallest absolute Gasteiger partial charge is 0.125 e. The van der Waals surface area contributed by atoms with Crippen molar-refractivity contribution in [3.8, 4) is 11.8 Å². The predicted molar refractivity (Wildman–Crippen MR) is 71.2 cm³/mol. The molecule has 104 valence electrons. The van der Waals surface area contributed by atoms with Gasteiger partial charge in [-0.2, -0.15) is 5.26 Å². The maximum absolute atomic E-state index is 13.1. The Balaban J connectivity index is 2.57. The normalized spacial score (nSPS) is 12.8. The van der Waals surface area contributed by atoms with Gasteiger partial charge < -0.3 is 9.84 Å². The third kappa shape index (κ3) is 4.88. The third-order valence-electron chi connectivity index (χ3n) is 2.93. The zero-order valence-corrected chi connectivity index (χ0v) is 11.6. The fraction of sp³-hybridized carbons (Fsp3) is 0.533. The van der Waals surface area contributed by atoms with Crippen molar-refractivity contribution in [1.29, 1.82) is 5.26 Å². The average molecular weight is 265 g/mol. The quantitative estimate of drug-likeness (QED) is 0.800. The zero-order valence-electron chi connectivity index (χ0n) is 11.6. The Bertz CT molecular complexity index is 464. The van der Waals surface area contributed by atoms with Gasteiger partial charge in [-0.05, 0) is 51.8 Å². The zero-order chi connectivity index (χ0) is 14.5. The van der Waals surface area contributed by atoms with Crippen molar-refractivity contribution in [2.24, 2.45) is 5.41 Å². The minimum absolute atomic E-state index is 0.362. The molecular weight excluding hydrogens is 245 g/mol. The van der Waals surface area contributed by atoms with Crippen LogP contribution in [0.15, 0.2) is 18.2 Å². The van der Waals surface area contributed by atoms with E-state index in [1.165, 1.54) is 18.2 Å². The topological polar surface area (TPSA) is 53.2 Å². The summed E-state index contributed by atoms with van der Waals surface area (Å²) in [6.45, 7) is 5.77. The number of ether oxygens (including phenoxy) is 1. The van der Waals surface area contributed by atoms with Crippen LogP contribution in [0.4, 0.5) is 4.39 Å². The van der Waals surface area contributed by atoms with E-state index in [-0.39, 0.29) is 5.41 Å². The summed E-state index contributed by atoms with van der Waals surface area (Å²) in [4.78, 5) is 0. The number of halogens is 1. The van der Waals surface area contributed by atoms with E-state index < -0.39 is 11.9 Å². The molecule has 0 saturated carbocycles. The van der Waals surface area contributed by atoms with Crippen LogP contribution < -0.4 is 4.74 Å². The van der Waals surface area contributed by atoms with E-state index in [1.807, 2.05) is 13.8 Å². The largest absolute Gasteiger partial charge is 0.493 e. The minimum atomic E-state index is -0.777. The van der Waals surface area contributed by atoms with Gasteiger partial charge in [-0.15, -0.1) is 0 Å². The molecule has 3 nitrogen and oxygen atoms in total. The Labute approximate surface area is 113 Å². The van der Waals surface area contributed by atoms with Crippen molar-refractivity contribution in [1.82, 2.24) is 0 Å². The van der Waals surface area contributed by atoms with Crippen LogP contribution in [0.2, 0.25) is 0 Å². The molecule has 0 heterocycles. The number of aliphatic hydroxyl groups excluding tert-OH is 1. The number of hydrogen-bond donors (Lipinski definition) is 1. The molecule has 1 aromatic rings. The summed E-state index contributed by atoms with van der Waals surface area (Å²) in [5.74, 6) is 0.0972. The van der Waals surface area contributed by atoms with Crippen molar-refractivity contribution >= 4 is 0 Å². The second-order valence-electron chi connectivity index (χ2n) is 5.31. The first kappa shape index (κ1) is 15.5. The van der Waals surface area contributed by atoms with Gasteiger partial charge in [0.25, 0.3) is 0 Å². The molecule has 0 bridgehead atoms.